The number of fused-ring (bicyclic) bond motifs is 1. The minimum Gasteiger partial charge on any atom is -0.491 e. The van der Waals surface area contributed by atoms with Crippen molar-refractivity contribution in [2.75, 3.05) is 38.8 Å². The number of H-pyrrole nitrogens is 1. The SMILES string of the molecule is CCOC(=O)c1c(-c2cc3ccccc3nc2N2CC[C@H](OC)C2)[nH]c(C)c(OC)c1=O. The van der Waals surface area contributed by atoms with Crippen LogP contribution in [0.5, 0.6) is 5.75 Å². The molecule has 168 valence electrons. The van der Waals surface area contributed by atoms with E-state index < -0.39 is 11.4 Å². The zero-order valence-corrected chi connectivity index (χ0v) is 18.7. The lowest BCUT2D eigenvalue weighted by Crippen LogP contribution is -2.26. The second-order valence-electron chi connectivity index (χ2n) is 7.73. The number of hydrogen-bond donors (Lipinski definition) is 1. The lowest BCUT2D eigenvalue weighted by Gasteiger charge is -2.23. The van der Waals surface area contributed by atoms with Crippen LogP contribution in [0.3, 0.4) is 0 Å². The second-order valence-corrected chi connectivity index (χ2v) is 7.73. The molecule has 1 aliphatic heterocycles. The van der Waals surface area contributed by atoms with Crippen LogP contribution in [0, 0.1) is 6.92 Å². The molecule has 1 aliphatic rings. The molecule has 0 bridgehead atoms. The van der Waals surface area contributed by atoms with E-state index in [2.05, 4.69) is 9.88 Å². The van der Waals surface area contributed by atoms with Crippen LogP contribution < -0.4 is 15.1 Å². The molecule has 0 unspecified atom stereocenters. The van der Waals surface area contributed by atoms with Gasteiger partial charge in [-0.05, 0) is 32.4 Å². The number of hydrogen-bond acceptors (Lipinski definition) is 7. The summed E-state index contributed by atoms with van der Waals surface area (Å²) >= 11 is 0. The first-order chi connectivity index (χ1) is 15.5. The Labute approximate surface area is 186 Å². The Bertz CT molecular complexity index is 1220. The quantitative estimate of drug-likeness (QED) is 0.591. The smallest absolute Gasteiger partial charge is 0.344 e. The van der Waals surface area contributed by atoms with Crippen molar-refractivity contribution in [3.05, 3.63) is 51.8 Å². The first-order valence-corrected chi connectivity index (χ1v) is 10.6. The van der Waals surface area contributed by atoms with E-state index in [0.717, 1.165) is 23.9 Å². The second kappa shape index (κ2) is 9.00. The number of methoxy groups -OCH3 is 2. The summed E-state index contributed by atoms with van der Waals surface area (Å²) in [6.07, 6.45) is 0.963. The number of anilines is 1. The molecule has 3 heterocycles. The number of benzene rings is 1. The van der Waals surface area contributed by atoms with Crippen molar-refractivity contribution in [3.8, 4) is 17.0 Å². The lowest BCUT2D eigenvalue weighted by atomic mass is 10.0. The highest BCUT2D eigenvalue weighted by atomic mass is 16.5. The summed E-state index contributed by atoms with van der Waals surface area (Å²) in [5.74, 6) is 0.0825. The van der Waals surface area contributed by atoms with Gasteiger partial charge in [-0.1, -0.05) is 18.2 Å². The number of para-hydroxylation sites is 1. The number of nitrogens with one attached hydrogen (secondary N) is 1. The molecular weight excluding hydrogens is 410 g/mol. The molecule has 0 amide bonds. The zero-order valence-electron chi connectivity index (χ0n) is 18.7. The van der Waals surface area contributed by atoms with Gasteiger partial charge in [-0.25, -0.2) is 9.78 Å². The van der Waals surface area contributed by atoms with Gasteiger partial charge in [0.25, 0.3) is 0 Å². The fourth-order valence-electron chi connectivity index (χ4n) is 4.19. The van der Waals surface area contributed by atoms with E-state index in [1.54, 1.807) is 21.0 Å². The van der Waals surface area contributed by atoms with E-state index in [0.29, 0.717) is 29.3 Å². The van der Waals surface area contributed by atoms with Gasteiger partial charge in [-0.2, -0.15) is 0 Å². The molecule has 1 saturated heterocycles. The highest BCUT2D eigenvalue weighted by Gasteiger charge is 2.30. The number of carbonyl (C=O) groups is 1. The van der Waals surface area contributed by atoms with Crippen LogP contribution in [0.15, 0.2) is 35.1 Å². The van der Waals surface area contributed by atoms with Gasteiger partial charge < -0.3 is 24.1 Å². The number of aromatic amines is 1. The number of aryl methyl sites for hydroxylation is 1. The van der Waals surface area contributed by atoms with Crippen molar-refractivity contribution < 1.29 is 19.0 Å². The third-order valence-corrected chi connectivity index (χ3v) is 5.77. The van der Waals surface area contributed by atoms with E-state index in [-0.39, 0.29) is 24.0 Å². The Kier molecular flexibility index (Phi) is 6.14. The van der Waals surface area contributed by atoms with Crippen LogP contribution in [0.1, 0.15) is 29.4 Å². The fraction of sp³-hybridized carbons (Fsp3) is 0.375. The molecule has 1 aromatic carbocycles. The molecule has 3 aromatic rings. The van der Waals surface area contributed by atoms with Crippen molar-refractivity contribution in [2.24, 2.45) is 0 Å². The van der Waals surface area contributed by atoms with Gasteiger partial charge in [-0.3, -0.25) is 4.79 Å². The average molecular weight is 437 g/mol. The largest absolute Gasteiger partial charge is 0.491 e. The van der Waals surface area contributed by atoms with E-state index in [1.807, 2.05) is 30.3 Å². The minimum atomic E-state index is -0.697. The monoisotopic (exact) mass is 437 g/mol. The molecule has 1 fully saturated rings. The van der Waals surface area contributed by atoms with E-state index >= 15 is 0 Å². The van der Waals surface area contributed by atoms with Gasteiger partial charge >= 0.3 is 5.97 Å². The topological polar surface area (TPSA) is 93.8 Å². The summed E-state index contributed by atoms with van der Waals surface area (Å²) in [5, 5.41) is 0.901. The molecule has 4 rings (SSSR count). The first-order valence-electron chi connectivity index (χ1n) is 10.6. The molecule has 1 atom stereocenters. The Hall–Kier alpha value is -3.39. The van der Waals surface area contributed by atoms with Crippen molar-refractivity contribution in [3.63, 3.8) is 0 Å². The summed E-state index contributed by atoms with van der Waals surface area (Å²) < 4.78 is 16.0. The number of pyridine rings is 2. The molecule has 0 saturated carbocycles. The normalized spacial score (nSPS) is 15.9. The predicted molar refractivity (Wildman–Crippen MR) is 123 cm³/mol. The van der Waals surface area contributed by atoms with Gasteiger partial charge in [-0.15, -0.1) is 0 Å². The highest BCUT2D eigenvalue weighted by Crippen LogP contribution is 2.35. The molecule has 8 heteroatoms. The summed E-state index contributed by atoms with van der Waals surface area (Å²) in [6.45, 7) is 5.02. The predicted octanol–water partition coefficient (Wildman–Crippen LogP) is 3.31. The number of nitrogens with zero attached hydrogens (tertiary/aromatic N) is 2. The zero-order chi connectivity index (χ0) is 22.8. The lowest BCUT2D eigenvalue weighted by molar-refractivity contribution is 0.0525. The van der Waals surface area contributed by atoms with Crippen LogP contribution >= 0.6 is 0 Å². The van der Waals surface area contributed by atoms with Gasteiger partial charge in [0.1, 0.15) is 11.4 Å². The first kappa shape index (κ1) is 21.8. The maximum atomic E-state index is 13.2. The Morgan fingerprint density at radius 1 is 1.28 bits per heavy atom. The number of aromatic nitrogens is 2. The summed E-state index contributed by atoms with van der Waals surface area (Å²) in [6, 6.07) is 9.72. The molecule has 0 spiro atoms. The van der Waals surface area contributed by atoms with Crippen LogP contribution in [-0.4, -0.2) is 56.0 Å². The molecule has 32 heavy (non-hydrogen) atoms. The van der Waals surface area contributed by atoms with Gasteiger partial charge in [0.2, 0.25) is 5.43 Å². The summed E-state index contributed by atoms with van der Waals surface area (Å²) in [4.78, 5) is 36.4. The number of carbonyl (C=O) groups excluding carboxylic acids is 1. The van der Waals surface area contributed by atoms with Crippen molar-refractivity contribution in [1.82, 2.24) is 9.97 Å². The third-order valence-electron chi connectivity index (χ3n) is 5.77. The van der Waals surface area contributed by atoms with Gasteiger partial charge in [0.05, 0.1) is 36.7 Å². The number of esters is 1. The van der Waals surface area contributed by atoms with Crippen LogP contribution in [-0.2, 0) is 9.47 Å². The maximum Gasteiger partial charge on any atom is 0.344 e. The van der Waals surface area contributed by atoms with Crippen molar-refractivity contribution in [2.45, 2.75) is 26.4 Å². The van der Waals surface area contributed by atoms with Crippen molar-refractivity contribution >= 4 is 22.7 Å². The molecule has 1 N–H and O–H groups in total. The summed E-state index contributed by atoms with van der Waals surface area (Å²) in [5.41, 5.74) is 1.79. The molecule has 8 nitrogen and oxygen atoms in total. The Balaban J connectivity index is 2.01. The fourth-order valence-corrected chi connectivity index (χ4v) is 4.19. The molecule has 0 aliphatic carbocycles. The van der Waals surface area contributed by atoms with Gasteiger partial charge in [0.15, 0.2) is 5.75 Å². The molecule has 2 aromatic heterocycles. The average Bonchev–Trinajstić information content (AvgIpc) is 3.27. The standard InChI is InChI=1S/C24H27N3O5/c1-5-32-24(29)19-20(25-14(2)22(31-4)21(19)28)17-12-15-8-6-7-9-18(15)26-23(17)27-11-10-16(13-27)30-3/h6-9,12,16H,5,10-11,13H2,1-4H3,(H,25,28)/t16-/m0/s1. The third kappa shape index (κ3) is 3.82. The van der Waals surface area contributed by atoms with E-state index in [9.17, 15) is 9.59 Å². The van der Waals surface area contributed by atoms with Crippen LogP contribution in [0.4, 0.5) is 5.82 Å². The van der Waals surface area contributed by atoms with Crippen LogP contribution in [0.2, 0.25) is 0 Å². The number of ether oxygens (including phenoxy) is 3. The Morgan fingerprint density at radius 2 is 2.06 bits per heavy atom. The van der Waals surface area contributed by atoms with Gasteiger partial charge in [0, 0.05) is 31.1 Å². The Morgan fingerprint density at radius 3 is 2.75 bits per heavy atom. The van der Waals surface area contributed by atoms with E-state index in [1.165, 1.54) is 7.11 Å². The summed E-state index contributed by atoms with van der Waals surface area (Å²) in [7, 11) is 3.11. The molecular formula is C24H27N3O5. The minimum absolute atomic E-state index is 0.0879. The van der Waals surface area contributed by atoms with Crippen molar-refractivity contribution in [1.29, 1.82) is 0 Å². The highest BCUT2D eigenvalue weighted by molar-refractivity contribution is 6.00. The van der Waals surface area contributed by atoms with Crippen LogP contribution in [0.25, 0.3) is 22.2 Å². The number of rotatable bonds is 6. The molecule has 0 radical (unpaired) electrons. The van der Waals surface area contributed by atoms with E-state index in [4.69, 9.17) is 19.2 Å². The maximum absolute atomic E-state index is 13.2.